The first-order chi connectivity index (χ1) is 10.7. The summed E-state index contributed by atoms with van der Waals surface area (Å²) in [5.41, 5.74) is 1.19. The van der Waals surface area contributed by atoms with Gasteiger partial charge in [-0.15, -0.1) is 0 Å². The molecule has 116 valence electrons. The highest BCUT2D eigenvalue weighted by Gasteiger charge is 2.07. The fourth-order valence-corrected chi connectivity index (χ4v) is 2.05. The Hall–Kier alpha value is -2.33. The van der Waals surface area contributed by atoms with Crippen LogP contribution in [0.4, 0.5) is 0 Å². The third-order valence-corrected chi connectivity index (χ3v) is 3.38. The molecule has 2 aromatic carbocycles. The third kappa shape index (κ3) is 4.90. The summed E-state index contributed by atoms with van der Waals surface area (Å²) in [4.78, 5) is 16.5. The van der Waals surface area contributed by atoms with E-state index in [2.05, 4.69) is 0 Å². The van der Waals surface area contributed by atoms with Crippen LogP contribution in [0.15, 0.2) is 54.6 Å². The van der Waals surface area contributed by atoms with E-state index in [1.54, 1.807) is 7.05 Å². The van der Waals surface area contributed by atoms with E-state index in [1.807, 2.05) is 54.6 Å². The van der Waals surface area contributed by atoms with Crippen molar-refractivity contribution in [1.29, 1.82) is 0 Å². The number of hydroxylamine groups is 2. The topological polar surface area (TPSA) is 38.8 Å². The van der Waals surface area contributed by atoms with Gasteiger partial charge in [-0.1, -0.05) is 30.3 Å². The Kier molecular flexibility index (Phi) is 5.98. The first kappa shape index (κ1) is 16.0. The number of nitrogens with zero attached hydrogens (tertiary/aromatic N) is 1. The van der Waals surface area contributed by atoms with E-state index in [0.29, 0.717) is 6.42 Å². The lowest BCUT2D eigenvalue weighted by atomic mass is 10.1. The summed E-state index contributed by atoms with van der Waals surface area (Å²) in [5.74, 6) is 1.63. The molecule has 0 bridgehead atoms. The largest absolute Gasteiger partial charge is 0.457 e. The number of amides is 1. The molecule has 2 rings (SSSR count). The smallest absolute Gasteiger partial charge is 0.245 e. The highest BCUT2D eigenvalue weighted by molar-refractivity contribution is 5.74. The Morgan fingerprint density at radius 3 is 2.27 bits per heavy atom. The Labute approximate surface area is 131 Å². The number of ether oxygens (including phenoxy) is 1. The molecule has 0 saturated heterocycles. The second-order valence-corrected chi connectivity index (χ2v) is 4.99. The molecule has 0 saturated carbocycles. The molecule has 0 radical (unpaired) electrons. The first-order valence-electron chi connectivity index (χ1n) is 7.31. The Morgan fingerprint density at radius 2 is 1.64 bits per heavy atom. The molecule has 0 heterocycles. The van der Waals surface area contributed by atoms with Gasteiger partial charge in [-0.2, -0.15) is 0 Å². The number of rotatable bonds is 7. The van der Waals surface area contributed by atoms with Crippen LogP contribution in [0.2, 0.25) is 0 Å². The van der Waals surface area contributed by atoms with E-state index in [0.717, 1.165) is 24.3 Å². The summed E-state index contributed by atoms with van der Waals surface area (Å²) in [6, 6.07) is 17.6. The van der Waals surface area contributed by atoms with Crippen LogP contribution in [-0.2, 0) is 16.1 Å². The minimum Gasteiger partial charge on any atom is -0.457 e. The molecule has 0 unspecified atom stereocenters. The van der Waals surface area contributed by atoms with Crippen molar-refractivity contribution < 1.29 is 14.4 Å². The van der Waals surface area contributed by atoms with Gasteiger partial charge in [-0.25, -0.2) is 5.06 Å². The molecule has 0 aliphatic rings. The zero-order valence-corrected chi connectivity index (χ0v) is 13.0. The van der Waals surface area contributed by atoms with Crippen LogP contribution in [0.1, 0.15) is 18.4 Å². The van der Waals surface area contributed by atoms with Crippen LogP contribution < -0.4 is 4.74 Å². The number of benzene rings is 2. The minimum absolute atomic E-state index is 0.00784. The zero-order chi connectivity index (χ0) is 15.8. The molecule has 0 N–H and O–H groups in total. The van der Waals surface area contributed by atoms with Gasteiger partial charge in [0.1, 0.15) is 11.5 Å². The minimum atomic E-state index is -0.00784. The van der Waals surface area contributed by atoms with Crippen LogP contribution in [0, 0.1) is 0 Å². The van der Waals surface area contributed by atoms with Crippen molar-refractivity contribution in [2.24, 2.45) is 0 Å². The standard InChI is InChI=1S/C18H21NO3/c1-19(21-2)18(20)10-6-7-15-11-13-17(14-12-15)22-16-8-4-3-5-9-16/h3-5,8-9,11-14H,6-7,10H2,1-2H3. The highest BCUT2D eigenvalue weighted by Crippen LogP contribution is 2.21. The summed E-state index contributed by atoms with van der Waals surface area (Å²) in [7, 11) is 3.11. The van der Waals surface area contributed by atoms with E-state index in [-0.39, 0.29) is 5.91 Å². The van der Waals surface area contributed by atoms with Crippen molar-refractivity contribution in [1.82, 2.24) is 5.06 Å². The van der Waals surface area contributed by atoms with Crippen LogP contribution in [-0.4, -0.2) is 25.1 Å². The monoisotopic (exact) mass is 299 g/mol. The molecule has 0 aromatic heterocycles. The molecule has 1 amide bonds. The van der Waals surface area contributed by atoms with Gasteiger partial charge in [0.2, 0.25) is 5.91 Å². The van der Waals surface area contributed by atoms with Crippen molar-refractivity contribution in [3.8, 4) is 11.5 Å². The third-order valence-electron chi connectivity index (χ3n) is 3.38. The van der Waals surface area contributed by atoms with Crippen molar-refractivity contribution in [3.05, 3.63) is 60.2 Å². The zero-order valence-electron chi connectivity index (χ0n) is 13.0. The summed E-state index contributed by atoms with van der Waals surface area (Å²) in [5, 5.41) is 1.26. The van der Waals surface area contributed by atoms with E-state index in [4.69, 9.17) is 9.57 Å². The van der Waals surface area contributed by atoms with Crippen molar-refractivity contribution in [2.45, 2.75) is 19.3 Å². The molecule has 0 spiro atoms. The summed E-state index contributed by atoms with van der Waals surface area (Å²) < 4.78 is 5.74. The molecule has 0 aliphatic carbocycles. The van der Waals surface area contributed by atoms with Crippen molar-refractivity contribution >= 4 is 5.91 Å². The molecule has 0 atom stereocenters. The molecule has 4 heteroatoms. The van der Waals surface area contributed by atoms with Gasteiger partial charge >= 0.3 is 0 Å². The molecule has 0 fully saturated rings. The summed E-state index contributed by atoms with van der Waals surface area (Å²) in [6.07, 6.45) is 2.13. The van der Waals surface area contributed by atoms with Crippen LogP contribution >= 0.6 is 0 Å². The van der Waals surface area contributed by atoms with Crippen LogP contribution in [0.3, 0.4) is 0 Å². The van der Waals surface area contributed by atoms with Gasteiger partial charge in [0.15, 0.2) is 0 Å². The highest BCUT2D eigenvalue weighted by atomic mass is 16.7. The number of carbonyl (C=O) groups excluding carboxylic acids is 1. The van der Waals surface area contributed by atoms with Gasteiger partial charge in [-0.3, -0.25) is 9.63 Å². The van der Waals surface area contributed by atoms with E-state index in [1.165, 1.54) is 17.7 Å². The first-order valence-corrected chi connectivity index (χ1v) is 7.31. The van der Waals surface area contributed by atoms with Crippen molar-refractivity contribution in [3.63, 3.8) is 0 Å². The maximum Gasteiger partial charge on any atom is 0.245 e. The number of aryl methyl sites for hydroxylation is 1. The molecular formula is C18H21NO3. The predicted octanol–water partition coefficient (Wildman–Crippen LogP) is 3.82. The molecule has 0 aliphatic heterocycles. The van der Waals surface area contributed by atoms with Gasteiger partial charge in [0.05, 0.1) is 7.11 Å². The van der Waals surface area contributed by atoms with Crippen molar-refractivity contribution in [2.75, 3.05) is 14.2 Å². The summed E-state index contributed by atoms with van der Waals surface area (Å²) >= 11 is 0. The van der Waals surface area contributed by atoms with Gasteiger partial charge in [0, 0.05) is 13.5 Å². The average Bonchev–Trinajstić information content (AvgIpc) is 2.56. The summed E-state index contributed by atoms with van der Waals surface area (Å²) in [6.45, 7) is 0. The second-order valence-electron chi connectivity index (χ2n) is 4.99. The fourth-order valence-electron chi connectivity index (χ4n) is 2.05. The lowest BCUT2D eigenvalue weighted by Gasteiger charge is -2.13. The van der Waals surface area contributed by atoms with E-state index < -0.39 is 0 Å². The molecule has 22 heavy (non-hydrogen) atoms. The van der Waals surface area contributed by atoms with E-state index in [9.17, 15) is 4.79 Å². The van der Waals surface area contributed by atoms with Gasteiger partial charge in [-0.05, 0) is 42.7 Å². The average molecular weight is 299 g/mol. The fraction of sp³-hybridized carbons (Fsp3) is 0.278. The Balaban J connectivity index is 1.81. The predicted molar refractivity (Wildman–Crippen MR) is 85.7 cm³/mol. The number of hydrogen-bond acceptors (Lipinski definition) is 3. The number of para-hydroxylation sites is 1. The van der Waals surface area contributed by atoms with E-state index >= 15 is 0 Å². The number of hydrogen-bond donors (Lipinski definition) is 0. The van der Waals surface area contributed by atoms with Gasteiger partial charge in [0.25, 0.3) is 0 Å². The molecule has 2 aromatic rings. The Bertz CT molecular complexity index is 581. The second kappa shape index (κ2) is 8.20. The lowest BCUT2D eigenvalue weighted by Crippen LogP contribution is -2.25. The maximum atomic E-state index is 11.6. The normalized spacial score (nSPS) is 10.3. The molecule has 4 nitrogen and oxygen atoms in total. The maximum absolute atomic E-state index is 11.6. The Morgan fingerprint density at radius 1 is 1.00 bits per heavy atom. The van der Waals surface area contributed by atoms with Crippen LogP contribution in [0.5, 0.6) is 11.5 Å². The molecular weight excluding hydrogens is 278 g/mol. The SMILES string of the molecule is CON(C)C(=O)CCCc1ccc(Oc2ccccc2)cc1. The van der Waals surface area contributed by atoms with Crippen LogP contribution in [0.25, 0.3) is 0 Å². The lowest BCUT2D eigenvalue weighted by molar-refractivity contribution is -0.168. The van der Waals surface area contributed by atoms with Gasteiger partial charge < -0.3 is 4.74 Å². The number of carbonyl (C=O) groups is 1. The quantitative estimate of drug-likeness (QED) is 0.730.